The van der Waals surface area contributed by atoms with E-state index in [1.165, 1.54) is 0 Å². The summed E-state index contributed by atoms with van der Waals surface area (Å²) in [6.07, 6.45) is -4.97. The minimum absolute atomic E-state index is 0.0136. The first-order chi connectivity index (χ1) is 10.4. The van der Waals surface area contributed by atoms with Crippen LogP contribution >= 0.6 is 0 Å². The van der Waals surface area contributed by atoms with Crippen LogP contribution in [0.4, 0.5) is 23.7 Å². The maximum Gasteiger partial charge on any atom is 0.433 e. The lowest BCUT2D eigenvalue weighted by Crippen LogP contribution is -2.45. The van der Waals surface area contributed by atoms with Crippen molar-refractivity contribution < 1.29 is 32.6 Å². The zero-order chi connectivity index (χ0) is 17.6. The van der Waals surface area contributed by atoms with Crippen LogP contribution in [0.3, 0.4) is 0 Å². The number of rotatable bonds is 1. The van der Waals surface area contributed by atoms with E-state index in [1.807, 2.05) is 0 Å². The van der Waals surface area contributed by atoms with Gasteiger partial charge in [0.05, 0.1) is 11.9 Å². The summed E-state index contributed by atoms with van der Waals surface area (Å²) in [6.45, 7) is 4.80. The van der Waals surface area contributed by atoms with Crippen molar-refractivity contribution in [2.75, 3.05) is 4.90 Å². The number of amides is 1. The molecule has 2 rings (SSSR count). The van der Waals surface area contributed by atoms with Gasteiger partial charge in [0, 0.05) is 6.42 Å². The molecule has 1 atom stereocenters. The van der Waals surface area contributed by atoms with Gasteiger partial charge >= 0.3 is 18.2 Å². The Morgan fingerprint density at radius 3 is 2.43 bits per heavy atom. The van der Waals surface area contributed by atoms with Crippen molar-refractivity contribution >= 4 is 17.7 Å². The maximum atomic E-state index is 12.7. The lowest BCUT2D eigenvalue weighted by atomic mass is 10.1. The molecule has 0 radical (unpaired) electrons. The minimum atomic E-state index is -4.65. The van der Waals surface area contributed by atoms with Crippen molar-refractivity contribution in [1.29, 1.82) is 0 Å². The van der Waals surface area contributed by atoms with Crippen molar-refractivity contribution in [3.8, 4) is 0 Å². The summed E-state index contributed by atoms with van der Waals surface area (Å²) in [4.78, 5) is 27.7. The highest BCUT2D eigenvalue weighted by molar-refractivity contribution is 5.98. The van der Waals surface area contributed by atoms with Crippen LogP contribution < -0.4 is 4.90 Å². The molecule has 1 aromatic heterocycles. The quantitative estimate of drug-likeness (QED) is 0.855. The number of pyridine rings is 1. The molecule has 0 saturated heterocycles. The summed E-state index contributed by atoms with van der Waals surface area (Å²) in [5, 5.41) is 9.24. The Labute approximate surface area is 129 Å². The first-order valence-corrected chi connectivity index (χ1v) is 6.71. The number of hydrogen-bond acceptors (Lipinski definition) is 4. The van der Waals surface area contributed by atoms with Crippen LogP contribution in [0.2, 0.25) is 0 Å². The molecule has 0 aromatic carbocycles. The van der Waals surface area contributed by atoms with Crippen LogP contribution in [0.1, 0.15) is 32.0 Å². The predicted molar refractivity (Wildman–Crippen MR) is 73.1 cm³/mol. The molecule has 0 bridgehead atoms. The zero-order valence-corrected chi connectivity index (χ0v) is 12.6. The Kier molecular flexibility index (Phi) is 4.00. The molecule has 23 heavy (non-hydrogen) atoms. The Morgan fingerprint density at radius 2 is 1.96 bits per heavy atom. The summed E-state index contributed by atoms with van der Waals surface area (Å²) in [5.41, 5.74) is -1.90. The number of fused-ring (bicyclic) bond motifs is 1. The molecule has 0 aliphatic carbocycles. The van der Waals surface area contributed by atoms with Crippen molar-refractivity contribution in [3.63, 3.8) is 0 Å². The Hall–Kier alpha value is -2.32. The second kappa shape index (κ2) is 5.39. The van der Waals surface area contributed by atoms with Crippen LogP contribution in [-0.2, 0) is 22.1 Å². The van der Waals surface area contributed by atoms with Crippen LogP contribution in [0, 0.1) is 0 Å². The largest absolute Gasteiger partial charge is 0.480 e. The van der Waals surface area contributed by atoms with E-state index >= 15 is 0 Å². The Bertz CT molecular complexity index is 652. The molecule has 9 heteroatoms. The number of carboxylic acid groups (broad SMARTS) is 1. The number of carbonyl (C=O) groups excluding carboxylic acids is 1. The number of halogens is 3. The maximum absolute atomic E-state index is 12.7. The lowest BCUT2D eigenvalue weighted by Gasteiger charge is -2.27. The molecule has 126 valence electrons. The number of aromatic nitrogens is 1. The molecule has 2 heterocycles. The number of carboxylic acids is 1. The molecule has 1 amide bonds. The van der Waals surface area contributed by atoms with Crippen LogP contribution in [-0.4, -0.2) is 33.8 Å². The van der Waals surface area contributed by atoms with Gasteiger partial charge in [-0.25, -0.2) is 14.6 Å². The van der Waals surface area contributed by atoms with E-state index < -0.39 is 35.6 Å². The second-order valence-corrected chi connectivity index (χ2v) is 6.10. The lowest BCUT2D eigenvalue weighted by molar-refractivity contribution is -0.141. The Balaban J connectivity index is 2.42. The van der Waals surface area contributed by atoms with Gasteiger partial charge < -0.3 is 9.84 Å². The fourth-order valence-corrected chi connectivity index (χ4v) is 2.23. The van der Waals surface area contributed by atoms with Gasteiger partial charge in [-0.15, -0.1) is 0 Å². The molecular formula is C14H15F3N2O4. The van der Waals surface area contributed by atoms with Gasteiger partial charge in [0.2, 0.25) is 0 Å². The van der Waals surface area contributed by atoms with Crippen LogP contribution in [0.5, 0.6) is 0 Å². The van der Waals surface area contributed by atoms with Crippen molar-refractivity contribution in [2.45, 2.75) is 45.0 Å². The summed E-state index contributed by atoms with van der Waals surface area (Å²) >= 11 is 0. The molecule has 0 fully saturated rings. The average Bonchev–Trinajstić information content (AvgIpc) is 2.73. The molecule has 0 saturated carbocycles. The number of aliphatic carboxylic acids is 1. The van der Waals surface area contributed by atoms with Gasteiger partial charge in [0.15, 0.2) is 0 Å². The molecule has 1 aliphatic rings. The van der Waals surface area contributed by atoms with Gasteiger partial charge in [-0.3, -0.25) is 4.90 Å². The molecule has 6 nitrogen and oxygen atoms in total. The Morgan fingerprint density at radius 1 is 1.35 bits per heavy atom. The summed E-state index contributed by atoms with van der Waals surface area (Å²) in [7, 11) is 0. The monoisotopic (exact) mass is 332 g/mol. The first kappa shape index (κ1) is 17.0. The van der Waals surface area contributed by atoms with Crippen LogP contribution in [0.15, 0.2) is 12.3 Å². The van der Waals surface area contributed by atoms with Crippen LogP contribution in [0.25, 0.3) is 0 Å². The zero-order valence-electron chi connectivity index (χ0n) is 12.6. The molecular weight excluding hydrogens is 317 g/mol. The third-order valence-electron chi connectivity index (χ3n) is 3.12. The number of nitrogens with zero attached hydrogens (tertiary/aromatic N) is 2. The number of hydrogen-bond donors (Lipinski definition) is 1. The highest BCUT2D eigenvalue weighted by atomic mass is 19.4. The topological polar surface area (TPSA) is 79.7 Å². The van der Waals surface area contributed by atoms with Gasteiger partial charge in [0.1, 0.15) is 17.3 Å². The molecule has 1 unspecified atom stereocenters. The predicted octanol–water partition coefficient (Wildman–Crippen LogP) is 2.85. The van der Waals surface area contributed by atoms with E-state index in [1.54, 1.807) is 20.8 Å². The van der Waals surface area contributed by atoms with E-state index in [9.17, 15) is 27.9 Å². The highest BCUT2D eigenvalue weighted by Gasteiger charge is 2.43. The number of alkyl halides is 3. The van der Waals surface area contributed by atoms with Crippen molar-refractivity contribution in [3.05, 3.63) is 23.5 Å². The first-order valence-electron chi connectivity index (χ1n) is 6.71. The molecule has 1 N–H and O–H groups in total. The third-order valence-corrected chi connectivity index (χ3v) is 3.12. The number of ether oxygens (including phenoxy) is 1. The standard InChI is InChI=1S/C14H15F3N2O4/c1-13(2,3)23-12(22)19-8(11(20)21)4-7-5-10(14(15,16)17)18-6-9(7)19/h5-6,8H,4H2,1-3H3,(H,20,21). The van der Waals surface area contributed by atoms with E-state index in [2.05, 4.69) is 4.98 Å². The van der Waals surface area contributed by atoms with Gasteiger partial charge in [-0.1, -0.05) is 0 Å². The summed E-state index contributed by atoms with van der Waals surface area (Å²) in [5.74, 6) is -1.33. The van der Waals surface area contributed by atoms with E-state index in [0.717, 1.165) is 17.2 Å². The molecule has 0 spiro atoms. The highest BCUT2D eigenvalue weighted by Crippen LogP contribution is 2.37. The average molecular weight is 332 g/mol. The normalized spacial score (nSPS) is 17.8. The number of anilines is 1. The number of carbonyl (C=O) groups is 2. The summed E-state index contributed by atoms with van der Waals surface area (Å²) in [6, 6.07) is -0.569. The molecule has 1 aliphatic heterocycles. The van der Waals surface area contributed by atoms with E-state index in [0.29, 0.717) is 0 Å². The summed E-state index contributed by atoms with van der Waals surface area (Å²) < 4.78 is 43.2. The van der Waals surface area contributed by atoms with Gasteiger partial charge in [-0.2, -0.15) is 13.2 Å². The van der Waals surface area contributed by atoms with Gasteiger partial charge in [0.25, 0.3) is 0 Å². The van der Waals surface area contributed by atoms with Crippen molar-refractivity contribution in [2.24, 2.45) is 0 Å². The van der Waals surface area contributed by atoms with E-state index in [-0.39, 0.29) is 17.7 Å². The van der Waals surface area contributed by atoms with Crippen molar-refractivity contribution in [1.82, 2.24) is 4.98 Å². The fourth-order valence-electron chi connectivity index (χ4n) is 2.23. The minimum Gasteiger partial charge on any atom is -0.480 e. The smallest absolute Gasteiger partial charge is 0.433 e. The second-order valence-electron chi connectivity index (χ2n) is 6.10. The fraction of sp³-hybridized carbons (Fsp3) is 0.500. The van der Waals surface area contributed by atoms with Gasteiger partial charge in [-0.05, 0) is 32.4 Å². The SMILES string of the molecule is CC(C)(C)OC(=O)N1c2cnc(C(F)(F)F)cc2CC1C(=O)O. The third kappa shape index (κ3) is 3.54. The van der Waals surface area contributed by atoms with E-state index in [4.69, 9.17) is 4.74 Å². The molecule has 1 aromatic rings.